The Morgan fingerprint density at radius 3 is 2.88 bits per heavy atom. The van der Waals surface area contributed by atoms with Gasteiger partial charge in [0.1, 0.15) is 0 Å². The number of rotatable bonds is 6. The van der Waals surface area contributed by atoms with Crippen LogP contribution in [0.2, 0.25) is 0 Å². The smallest absolute Gasteiger partial charge is 0.314 e. The molecule has 0 aromatic heterocycles. The molecule has 1 heterocycles. The quantitative estimate of drug-likeness (QED) is 0.602. The Balaban J connectivity index is 1.94. The molecule has 4 heteroatoms. The van der Waals surface area contributed by atoms with Crippen LogP contribution in [0.25, 0.3) is 0 Å². The van der Waals surface area contributed by atoms with Crippen molar-refractivity contribution in [2.24, 2.45) is 5.92 Å². The van der Waals surface area contributed by atoms with E-state index in [1.54, 1.807) is 0 Å². The molecule has 1 saturated heterocycles. The number of piperidine rings is 1. The van der Waals surface area contributed by atoms with E-state index in [-0.39, 0.29) is 6.03 Å². The van der Waals surface area contributed by atoms with Gasteiger partial charge in [-0.05, 0) is 44.7 Å². The van der Waals surface area contributed by atoms with Gasteiger partial charge in [-0.2, -0.15) is 0 Å². The van der Waals surface area contributed by atoms with Crippen molar-refractivity contribution >= 4 is 6.03 Å². The summed E-state index contributed by atoms with van der Waals surface area (Å²) in [5, 5.41) is 9.15. The molecule has 1 rings (SSSR count). The molecule has 1 fully saturated rings. The highest BCUT2D eigenvalue weighted by molar-refractivity contribution is 5.73. The summed E-state index contributed by atoms with van der Waals surface area (Å²) in [6, 6.07) is -0.0165. The first-order valence-electron chi connectivity index (χ1n) is 6.55. The Labute approximate surface area is 98.6 Å². The second-order valence-corrected chi connectivity index (χ2v) is 4.54. The second kappa shape index (κ2) is 8.39. The van der Waals surface area contributed by atoms with E-state index in [4.69, 9.17) is 0 Å². The highest BCUT2D eigenvalue weighted by atomic mass is 16.2. The van der Waals surface area contributed by atoms with E-state index < -0.39 is 0 Å². The molecule has 1 unspecified atom stereocenters. The Kier molecular flexibility index (Phi) is 6.97. The van der Waals surface area contributed by atoms with Crippen LogP contribution in [0.3, 0.4) is 0 Å². The molecule has 3 N–H and O–H groups in total. The number of amides is 2. The van der Waals surface area contributed by atoms with Gasteiger partial charge in [-0.1, -0.05) is 13.3 Å². The second-order valence-electron chi connectivity index (χ2n) is 4.54. The fourth-order valence-electron chi connectivity index (χ4n) is 2.00. The minimum absolute atomic E-state index is 0.0165. The first kappa shape index (κ1) is 13.3. The van der Waals surface area contributed by atoms with E-state index in [2.05, 4.69) is 22.9 Å². The molecular weight excluding hydrogens is 202 g/mol. The van der Waals surface area contributed by atoms with Crippen molar-refractivity contribution < 1.29 is 4.79 Å². The molecule has 0 saturated carbocycles. The van der Waals surface area contributed by atoms with Crippen LogP contribution in [0.15, 0.2) is 0 Å². The van der Waals surface area contributed by atoms with Crippen molar-refractivity contribution in [1.82, 2.24) is 16.0 Å². The molecule has 1 atom stereocenters. The number of carbonyl (C=O) groups excluding carboxylic acids is 1. The standard InChI is InChI=1S/C12H25N3O/c1-2-3-8-14-12(16)15-9-6-11-5-4-7-13-10-11/h11,13H,2-10H2,1H3,(H2,14,15,16). The average Bonchev–Trinajstić information content (AvgIpc) is 2.31. The highest BCUT2D eigenvalue weighted by Gasteiger charge is 2.12. The Hall–Kier alpha value is -0.770. The SMILES string of the molecule is CCCCNC(=O)NCCC1CCCNC1. The maximum absolute atomic E-state index is 11.3. The predicted octanol–water partition coefficient (Wildman–Crippen LogP) is 1.48. The number of hydrogen-bond donors (Lipinski definition) is 3. The normalized spacial score (nSPS) is 20.4. The lowest BCUT2D eigenvalue weighted by molar-refractivity contribution is 0.239. The third kappa shape index (κ3) is 5.95. The van der Waals surface area contributed by atoms with Gasteiger partial charge >= 0.3 is 6.03 Å². The number of hydrogen-bond acceptors (Lipinski definition) is 2. The number of unbranched alkanes of at least 4 members (excludes halogenated alkanes) is 1. The number of nitrogens with one attached hydrogen (secondary N) is 3. The zero-order chi connectivity index (χ0) is 11.6. The summed E-state index contributed by atoms with van der Waals surface area (Å²) < 4.78 is 0. The van der Waals surface area contributed by atoms with Crippen LogP contribution in [-0.4, -0.2) is 32.2 Å². The lowest BCUT2D eigenvalue weighted by atomic mass is 9.96. The summed E-state index contributed by atoms with van der Waals surface area (Å²) in [6.07, 6.45) is 5.84. The predicted molar refractivity (Wildman–Crippen MR) is 66.5 cm³/mol. The van der Waals surface area contributed by atoms with Gasteiger partial charge in [-0.25, -0.2) is 4.79 Å². The zero-order valence-corrected chi connectivity index (χ0v) is 10.3. The van der Waals surface area contributed by atoms with Crippen molar-refractivity contribution in [2.45, 2.75) is 39.0 Å². The molecule has 0 bridgehead atoms. The van der Waals surface area contributed by atoms with Gasteiger partial charge in [0, 0.05) is 13.1 Å². The highest BCUT2D eigenvalue weighted by Crippen LogP contribution is 2.12. The van der Waals surface area contributed by atoms with Crippen molar-refractivity contribution in [3.63, 3.8) is 0 Å². The number of carbonyl (C=O) groups is 1. The maximum Gasteiger partial charge on any atom is 0.314 e. The molecule has 0 aliphatic carbocycles. The first-order chi connectivity index (χ1) is 7.83. The van der Waals surface area contributed by atoms with Crippen LogP contribution in [0.1, 0.15) is 39.0 Å². The van der Waals surface area contributed by atoms with Crippen molar-refractivity contribution in [1.29, 1.82) is 0 Å². The summed E-state index contributed by atoms with van der Waals surface area (Å²) in [6.45, 7) is 5.97. The van der Waals surface area contributed by atoms with E-state index >= 15 is 0 Å². The molecule has 0 aromatic carbocycles. The fourth-order valence-corrected chi connectivity index (χ4v) is 2.00. The monoisotopic (exact) mass is 227 g/mol. The Morgan fingerprint density at radius 2 is 2.19 bits per heavy atom. The number of urea groups is 1. The maximum atomic E-state index is 11.3. The van der Waals surface area contributed by atoms with Crippen LogP contribution in [0.5, 0.6) is 0 Å². The lowest BCUT2D eigenvalue weighted by Crippen LogP contribution is -2.38. The summed E-state index contributed by atoms with van der Waals surface area (Å²) in [5.41, 5.74) is 0. The zero-order valence-electron chi connectivity index (χ0n) is 10.3. The molecule has 4 nitrogen and oxygen atoms in total. The van der Waals surface area contributed by atoms with Gasteiger partial charge in [0.15, 0.2) is 0 Å². The van der Waals surface area contributed by atoms with Crippen molar-refractivity contribution in [2.75, 3.05) is 26.2 Å². The van der Waals surface area contributed by atoms with E-state index in [9.17, 15) is 4.79 Å². The van der Waals surface area contributed by atoms with Gasteiger partial charge in [0.05, 0.1) is 0 Å². The molecular formula is C12H25N3O. The van der Waals surface area contributed by atoms with Gasteiger partial charge in [-0.15, -0.1) is 0 Å². The molecule has 0 radical (unpaired) electrons. The van der Waals surface area contributed by atoms with Gasteiger partial charge in [-0.3, -0.25) is 0 Å². The minimum atomic E-state index is -0.0165. The molecule has 1 aliphatic rings. The first-order valence-corrected chi connectivity index (χ1v) is 6.55. The molecule has 0 spiro atoms. The Bertz CT molecular complexity index is 191. The lowest BCUT2D eigenvalue weighted by Gasteiger charge is -2.22. The van der Waals surface area contributed by atoms with Crippen molar-refractivity contribution in [3.05, 3.63) is 0 Å². The summed E-state index contributed by atoms with van der Waals surface area (Å²) in [5.74, 6) is 0.740. The minimum Gasteiger partial charge on any atom is -0.338 e. The van der Waals surface area contributed by atoms with Gasteiger partial charge in [0.25, 0.3) is 0 Å². The van der Waals surface area contributed by atoms with E-state index in [1.165, 1.54) is 12.8 Å². The third-order valence-electron chi connectivity index (χ3n) is 3.05. The largest absolute Gasteiger partial charge is 0.338 e. The summed E-state index contributed by atoms with van der Waals surface area (Å²) >= 11 is 0. The van der Waals surface area contributed by atoms with Crippen molar-refractivity contribution in [3.8, 4) is 0 Å². The summed E-state index contributed by atoms with van der Waals surface area (Å²) in [4.78, 5) is 11.3. The fraction of sp³-hybridized carbons (Fsp3) is 0.917. The van der Waals surface area contributed by atoms with Crippen LogP contribution < -0.4 is 16.0 Å². The van der Waals surface area contributed by atoms with Gasteiger partial charge in [0.2, 0.25) is 0 Å². The topological polar surface area (TPSA) is 53.2 Å². The van der Waals surface area contributed by atoms with Gasteiger partial charge < -0.3 is 16.0 Å². The Morgan fingerprint density at radius 1 is 1.38 bits per heavy atom. The van der Waals surface area contributed by atoms with E-state index in [0.717, 1.165) is 51.4 Å². The molecule has 0 aromatic rings. The van der Waals surface area contributed by atoms with E-state index in [1.807, 2.05) is 0 Å². The molecule has 16 heavy (non-hydrogen) atoms. The summed E-state index contributed by atoms with van der Waals surface area (Å²) in [7, 11) is 0. The van der Waals surface area contributed by atoms with Crippen LogP contribution in [0, 0.1) is 5.92 Å². The molecule has 1 aliphatic heterocycles. The molecule has 94 valence electrons. The van der Waals surface area contributed by atoms with Crippen LogP contribution in [0.4, 0.5) is 4.79 Å². The molecule has 2 amide bonds. The van der Waals surface area contributed by atoms with E-state index in [0.29, 0.717) is 0 Å². The average molecular weight is 227 g/mol. The van der Waals surface area contributed by atoms with Crippen LogP contribution >= 0.6 is 0 Å². The van der Waals surface area contributed by atoms with Crippen LogP contribution in [-0.2, 0) is 0 Å². The third-order valence-corrected chi connectivity index (χ3v) is 3.05.